The van der Waals surface area contributed by atoms with E-state index in [1.165, 1.54) is 0 Å². The van der Waals surface area contributed by atoms with Crippen molar-refractivity contribution in [1.29, 1.82) is 0 Å². The molecule has 0 aromatic heterocycles. The summed E-state index contributed by atoms with van der Waals surface area (Å²) in [7, 11) is -11.6. The molecular weight excluding hydrogens is 240 g/mol. The van der Waals surface area contributed by atoms with E-state index in [4.69, 9.17) is 5.11 Å². The molecule has 0 amide bonds. The largest absolute Gasteiger partial charge is 0.808 e. The highest BCUT2D eigenvalue weighted by Crippen LogP contribution is 2.58. The normalized spacial score (nSPS) is 11.9. The Morgan fingerprint density at radius 2 is 1.07 bits per heavy atom. The molecule has 0 aliphatic heterocycles. The fourth-order valence-electron chi connectivity index (χ4n) is 0.150. The molecule has 0 bridgehead atoms. The molecule has 10 nitrogen and oxygen atoms in total. The van der Waals surface area contributed by atoms with Gasteiger partial charge in [0, 0.05) is 0 Å². The topological polar surface area (TPSA) is 256 Å². The third kappa shape index (κ3) is 4.58. The molecule has 0 heterocycles. The van der Waals surface area contributed by atoms with Crippen molar-refractivity contribution in [3.05, 3.63) is 0 Å². The van der Waals surface area contributed by atoms with E-state index in [9.17, 15) is 28.7 Å². The molecule has 0 aromatic rings. The summed E-state index contributed by atoms with van der Waals surface area (Å²) in [5, 5.41) is 4.68. The van der Waals surface area contributed by atoms with Crippen LogP contribution in [0.3, 0.4) is 0 Å². The second kappa shape index (κ2) is 5.89. The minimum absolute atomic E-state index is 0. The lowest BCUT2D eigenvalue weighted by molar-refractivity contribution is -0.347. The van der Waals surface area contributed by atoms with E-state index in [0.29, 0.717) is 0 Å². The van der Waals surface area contributed by atoms with Crippen molar-refractivity contribution in [2.24, 2.45) is 0 Å². The highest BCUT2D eigenvalue weighted by Gasteiger charge is 2.29. The third-order valence-corrected chi connectivity index (χ3v) is 4.58. The molecule has 0 rings (SSSR count). The van der Waals surface area contributed by atoms with Crippen LogP contribution in [-0.4, -0.2) is 10.2 Å². The molecule has 13 N–H and O–H groups in total. The van der Waals surface area contributed by atoms with Crippen LogP contribution in [0.2, 0.25) is 0 Å². The van der Waals surface area contributed by atoms with Crippen LogP contribution in [0.4, 0.5) is 0 Å². The Balaban J connectivity index is -0.000000167. The summed E-state index contributed by atoms with van der Waals surface area (Å²) >= 11 is 0. The Morgan fingerprint density at radius 1 is 0.929 bits per heavy atom. The third-order valence-electron chi connectivity index (χ3n) is 1.04. The fraction of sp³-hybridized carbons (Fsp3) is 1.00. The molecule has 0 saturated heterocycles. The van der Waals surface area contributed by atoms with Crippen molar-refractivity contribution in [3.63, 3.8) is 0 Å². The molecule has 0 atom stereocenters. The molecule has 0 fully saturated rings. The van der Waals surface area contributed by atoms with Gasteiger partial charge in [0.2, 0.25) is 0 Å². The monoisotopic (exact) mass is 256 g/mol. The zero-order valence-electron chi connectivity index (χ0n) is 8.29. The summed E-state index contributed by atoms with van der Waals surface area (Å²) in [5.74, 6) is 0. The summed E-state index contributed by atoms with van der Waals surface area (Å²) in [5.41, 5.74) is 0. The van der Waals surface area contributed by atoms with Gasteiger partial charge in [-0.15, -0.1) is 0 Å². The van der Waals surface area contributed by atoms with E-state index in [2.05, 4.69) is 0 Å². The Labute approximate surface area is 80.4 Å². The Kier molecular flexibility index (Phi) is 9.98. The van der Waals surface area contributed by atoms with Crippen LogP contribution in [0.25, 0.3) is 0 Å². The van der Waals surface area contributed by atoms with Crippen LogP contribution >= 0.6 is 15.2 Å². The maximum absolute atomic E-state index is 9.95. The van der Waals surface area contributed by atoms with Gasteiger partial charge in [-0.1, -0.05) is 0 Å². The molecule has 0 unspecified atom stereocenters. The predicted octanol–water partition coefficient (Wildman–Crippen LogP) is -2.39. The molecular formula is C2H16N3O7P2-. The molecule has 0 aliphatic rings. The first-order chi connectivity index (χ1) is 4.50. The van der Waals surface area contributed by atoms with Crippen LogP contribution in [0.15, 0.2) is 0 Å². The van der Waals surface area contributed by atoms with Crippen LogP contribution in [0, 0.1) is 0 Å². The van der Waals surface area contributed by atoms with Crippen LogP contribution in [0.5, 0.6) is 0 Å². The average molecular weight is 256 g/mol. The first-order valence-corrected chi connectivity index (χ1v) is 5.35. The Morgan fingerprint density at radius 3 is 1.07 bits per heavy atom. The SMILES string of the molecule is CC(O)(P(=O)([O-])[O-])P(=O)([O-])[O-].[NH4+].[NH4+].[NH4+]. The van der Waals surface area contributed by atoms with Gasteiger partial charge in [-0.05, 0) is 22.1 Å². The maximum Gasteiger partial charge on any atom is 0.114 e. The number of rotatable bonds is 2. The van der Waals surface area contributed by atoms with E-state index >= 15 is 0 Å². The van der Waals surface area contributed by atoms with Crippen molar-refractivity contribution in [2.75, 3.05) is 0 Å². The molecule has 0 aromatic carbocycles. The van der Waals surface area contributed by atoms with Gasteiger partial charge in [-0.2, -0.15) is 0 Å². The maximum atomic E-state index is 9.95. The highest BCUT2D eigenvalue weighted by molar-refractivity contribution is 7.69. The van der Waals surface area contributed by atoms with Crippen LogP contribution in [0.1, 0.15) is 6.92 Å². The summed E-state index contributed by atoms with van der Waals surface area (Å²) in [6.07, 6.45) is 0. The lowest BCUT2D eigenvalue weighted by Gasteiger charge is -2.53. The van der Waals surface area contributed by atoms with Gasteiger partial charge in [-0.25, -0.2) is 0 Å². The summed E-state index contributed by atoms with van der Waals surface area (Å²) < 4.78 is 19.9. The van der Waals surface area contributed by atoms with E-state index < -0.39 is 20.3 Å². The van der Waals surface area contributed by atoms with E-state index in [0.717, 1.165) is 0 Å². The summed E-state index contributed by atoms with van der Waals surface area (Å²) in [6.45, 7) is 0.133. The zero-order valence-corrected chi connectivity index (χ0v) is 10.1. The van der Waals surface area contributed by atoms with Gasteiger partial charge in [-0.3, -0.25) is 0 Å². The first kappa shape index (κ1) is 23.7. The van der Waals surface area contributed by atoms with E-state index in [-0.39, 0.29) is 25.4 Å². The summed E-state index contributed by atoms with van der Waals surface area (Å²) in [4.78, 5) is 39.8. The number of aliphatic hydroxyl groups is 1. The first-order valence-electron chi connectivity index (χ1n) is 2.27. The predicted molar refractivity (Wildman–Crippen MR) is 43.8 cm³/mol. The van der Waals surface area contributed by atoms with Crippen molar-refractivity contribution in [1.82, 2.24) is 18.5 Å². The van der Waals surface area contributed by atoms with Gasteiger partial charge in [0.15, 0.2) is 0 Å². The zero-order chi connectivity index (χ0) is 9.50. The molecule has 92 valence electrons. The minimum atomic E-state index is -5.82. The molecule has 0 spiro atoms. The fourth-order valence-corrected chi connectivity index (χ4v) is 1.35. The lowest BCUT2D eigenvalue weighted by Crippen LogP contribution is -2.43. The van der Waals surface area contributed by atoms with Crippen molar-refractivity contribution in [2.45, 2.75) is 12.0 Å². The number of hydrogen-bond acceptors (Lipinski definition) is 7. The van der Waals surface area contributed by atoms with Gasteiger partial charge in [0.05, 0.1) is 0 Å². The van der Waals surface area contributed by atoms with Crippen molar-refractivity contribution < 1.29 is 33.8 Å². The minimum Gasteiger partial charge on any atom is -0.808 e. The average Bonchev–Trinajstić information content (AvgIpc) is 1.58. The Hall–Kier alpha value is 0.140. The quantitative estimate of drug-likeness (QED) is 0.388. The summed E-state index contributed by atoms with van der Waals surface area (Å²) in [6, 6.07) is 0. The van der Waals surface area contributed by atoms with Gasteiger partial charge < -0.3 is 52.3 Å². The van der Waals surface area contributed by atoms with E-state index in [1.807, 2.05) is 0 Å². The molecule has 0 aliphatic carbocycles. The lowest BCUT2D eigenvalue weighted by atomic mass is 10.9. The number of quaternary nitrogens is 3. The second-order valence-corrected chi connectivity index (χ2v) is 6.05. The van der Waals surface area contributed by atoms with E-state index in [1.54, 1.807) is 0 Å². The van der Waals surface area contributed by atoms with Crippen molar-refractivity contribution in [3.8, 4) is 0 Å². The molecule has 0 radical (unpaired) electrons. The molecule has 14 heavy (non-hydrogen) atoms. The van der Waals surface area contributed by atoms with Gasteiger partial charge in [0.25, 0.3) is 0 Å². The van der Waals surface area contributed by atoms with Crippen LogP contribution in [-0.2, 0) is 9.13 Å². The standard InChI is InChI=1S/C2H8O7P2.3H3N/c1-2(3,10(4,5)6)11(7,8)9;;;/h3H,1H3,(H2,4,5,6)(H2,7,8,9);3*1H3/p-1. The van der Waals surface area contributed by atoms with Crippen molar-refractivity contribution >= 4 is 15.2 Å². The van der Waals surface area contributed by atoms with Crippen LogP contribution < -0.4 is 38.0 Å². The van der Waals surface area contributed by atoms with Gasteiger partial charge in [0.1, 0.15) is 5.08 Å². The van der Waals surface area contributed by atoms with Gasteiger partial charge >= 0.3 is 0 Å². The highest BCUT2D eigenvalue weighted by atomic mass is 31.2. The smallest absolute Gasteiger partial charge is 0.114 e. The molecule has 0 saturated carbocycles. The second-order valence-electron chi connectivity index (χ2n) is 1.97. The number of hydrogen-bond donors (Lipinski definition) is 4. The Bertz CT molecular complexity index is 217. The molecule has 12 heteroatoms.